The van der Waals surface area contributed by atoms with Crippen LogP contribution >= 0.6 is 0 Å². The third-order valence-electron chi connectivity index (χ3n) is 3.09. The Bertz CT molecular complexity index is 466. The van der Waals surface area contributed by atoms with Crippen LogP contribution < -0.4 is 20.7 Å². The molecule has 1 aliphatic rings. The molecule has 1 amide bonds. The van der Waals surface area contributed by atoms with Crippen molar-refractivity contribution < 1.29 is 14.3 Å². The molecule has 2 rings (SSSR count). The minimum Gasteiger partial charge on any atom is -0.479 e. The van der Waals surface area contributed by atoms with Crippen LogP contribution in [0.3, 0.4) is 0 Å². The number of carbonyl (C=O) groups excluding carboxylic acids is 1. The summed E-state index contributed by atoms with van der Waals surface area (Å²) in [5.41, 5.74) is 6.24. The minimum atomic E-state index is -0.408. The van der Waals surface area contributed by atoms with Crippen LogP contribution in [0, 0.1) is 0 Å². The second-order valence-corrected chi connectivity index (χ2v) is 4.34. The van der Waals surface area contributed by atoms with Gasteiger partial charge in [-0.15, -0.1) is 0 Å². The predicted octanol–water partition coefficient (Wildman–Crippen LogP) is 0.607. The summed E-state index contributed by atoms with van der Waals surface area (Å²) < 4.78 is 9.69. The number of hydrogen-bond acceptors (Lipinski definition) is 6. The molecule has 3 N–H and O–H groups in total. The normalized spacial score (nSPS) is 18.2. The smallest absolute Gasteiger partial charge is 0.407 e. The number of nitrogens with one attached hydrogen (secondary N) is 1. The highest BCUT2D eigenvalue weighted by Gasteiger charge is 2.25. The lowest BCUT2D eigenvalue weighted by molar-refractivity contribution is 0.167. The van der Waals surface area contributed by atoms with Crippen LogP contribution in [0.1, 0.15) is 6.42 Å². The molecule has 1 unspecified atom stereocenters. The van der Waals surface area contributed by atoms with Gasteiger partial charge < -0.3 is 25.4 Å². The zero-order valence-corrected chi connectivity index (χ0v) is 11.0. The first kappa shape index (κ1) is 13.3. The van der Waals surface area contributed by atoms with Gasteiger partial charge in [0.1, 0.15) is 5.82 Å². The second-order valence-electron chi connectivity index (χ2n) is 4.34. The Morgan fingerprint density at radius 1 is 1.53 bits per heavy atom. The van der Waals surface area contributed by atoms with Crippen molar-refractivity contribution in [1.82, 2.24) is 10.3 Å². The van der Waals surface area contributed by atoms with Gasteiger partial charge in [-0.1, -0.05) is 0 Å². The van der Waals surface area contributed by atoms with Crippen LogP contribution in [0.2, 0.25) is 0 Å². The Labute approximate surface area is 111 Å². The van der Waals surface area contributed by atoms with Crippen molar-refractivity contribution in [1.29, 1.82) is 0 Å². The van der Waals surface area contributed by atoms with Crippen molar-refractivity contribution in [2.75, 3.05) is 37.9 Å². The van der Waals surface area contributed by atoms with Crippen LogP contribution in [0.5, 0.6) is 5.88 Å². The van der Waals surface area contributed by atoms with Gasteiger partial charge in [0.25, 0.3) is 0 Å². The lowest BCUT2D eigenvalue weighted by atomic mass is 10.3. The molecule has 1 atom stereocenters. The molecule has 1 aromatic heterocycles. The molecule has 7 nitrogen and oxygen atoms in total. The van der Waals surface area contributed by atoms with Gasteiger partial charge in [-0.05, 0) is 18.6 Å². The number of nitrogens with two attached hydrogens (primary N) is 1. The summed E-state index contributed by atoms with van der Waals surface area (Å²) in [5, 5.41) is 2.78. The molecule has 1 aliphatic heterocycles. The first-order valence-corrected chi connectivity index (χ1v) is 6.04. The summed E-state index contributed by atoms with van der Waals surface area (Å²) in [4.78, 5) is 17.6. The number of carbonyl (C=O) groups is 1. The fourth-order valence-electron chi connectivity index (χ4n) is 2.09. The minimum absolute atomic E-state index is 0.0674. The van der Waals surface area contributed by atoms with E-state index < -0.39 is 6.09 Å². The Morgan fingerprint density at radius 2 is 2.32 bits per heavy atom. The van der Waals surface area contributed by atoms with Crippen molar-refractivity contribution >= 4 is 17.6 Å². The summed E-state index contributed by atoms with van der Waals surface area (Å²) >= 11 is 0. The summed E-state index contributed by atoms with van der Waals surface area (Å²) in [6, 6.07) is 3.68. The van der Waals surface area contributed by atoms with E-state index in [9.17, 15) is 4.79 Å². The molecule has 1 aromatic rings. The van der Waals surface area contributed by atoms with Gasteiger partial charge in [0.15, 0.2) is 0 Å². The number of ether oxygens (including phenoxy) is 2. The predicted molar refractivity (Wildman–Crippen MR) is 71.4 cm³/mol. The number of rotatable bonds is 3. The van der Waals surface area contributed by atoms with E-state index >= 15 is 0 Å². The first-order chi connectivity index (χ1) is 9.13. The quantitative estimate of drug-likeness (QED) is 0.833. The van der Waals surface area contributed by atoms with Gasteiger partial charge in [-0.2, -0.15) is 4.98 Å². The summed E-state index contributed by atoms with van der Waals surface area (Å²) in [5.74, 6) is 1.21. The third kappa shape index (κ3) is 2.98. The lowest BCUT2D eigenvalue weighted by Gasteiger charge is -2.18. The van der Waals surface area contributed by atoms with Crippen molar-refractivity contribution in [3.05, 3.63) is 12.1 Å². The van der Waals surface area contributed by atoms with Gasteiger partial charge >= 0.3 is 6.09 Å². The number of hydrogen-bond donors (Lipinski definition) is 2. The van der Waals surface area contributed by atoms with Gasteiger partial charge in [-0.3, -0.25) is 0 Å². The number of nitrogen functional groups attached to an aromatic ring is 1. The van der Waals surface area contributed by atoms with E-state index in [0.29, 0.717) is 18.1 Å². The highest BCUT2D eigenvalue weighted by atomic mass is 16.5. The molecule has 0 radical (unpaired) electrons. The van der Waals surface area contributed by atoms with E-state index in [1.54, 1.807) is 6.07 Å². The molecule has 0 saturated carbocycles. The second kappa shape index (κ2) is 5.64. The van der Waals surface area contributed by atoms with E-state index in [2.05, 4.69) is 19.9 Å². The fraction of sp³-hybridized carbons (Fsp3) is 0.500. The molecule has 1 saturated heterocycles. The van der Waals surface area contributed by atoms with E-state index in [0.717, 1.165) is 18.8 Å². The molecule has 0 aromatic carbocycles. The van der Waals surface area contributed by atoms with Crippen LogP contribution in [0.4, 0.5) is 16.3 Å². The number of aromatic nitrogens is 1. The van der Waals surface area contributed by atoms with Crippen LogP contribution in [-0.4, -0.2) is 44.4 Å². The summed E-state index contributed by atoms with van der Waals surface area (Å²) in [7, 11) is 2.89. The molecule has 7 heteroatoms. The summed E-state index contributed by atoms with van der Waals surface area (Å²) in [6.07, 6.45) is 0.443. The van der Waals surface area contributed by atoms with Gasteiger partial charge in [-0.25, -0.2) is 4.79 Å². The fourth-order valence-corrected chi connectivity index (χ4v) is 2.09. The average molecular weight is 266 g/mol. The Balaban J connectivity index is 2.02. The van der Waals surface area contributed by atoms with Crippen LogP contribution in [0.15, 0.2) is 12.1 Å². The van der Waals surface area contributed by atoms with E-state index in [-0.39, 0.29) is 6.04 Å². The number of methoxy groups -OCH3 is 2. The number of amides is 1. The number of pyridine rings is 1. The van der Waals surface area contributed by atoms with Crippen molar-refractivity contribution in [2.45, 2.75) is 12.5 Å². The molecule has 0 aliphatic carbocycles. The van der Waals surface area contributed by atoms with E-state index in [1.165, 1.54) is 14.2 Å². The summed E-state index contributed by atoms with van der Waals surface area (Å²) in [6.45, 7) is 1.50. The molecule has 104 valence electrons. The SMILES string of the molecule is COC(=O)NC1CCN(c2ccc(N)c(OC)n2)C1. The zero-order chi connectivity index (χ0) is 13.8. The maximum atomic E-state index is 11.2. The maximum Gasteiger partial charge on any atom is 0.407 e. The molecular weight excluding hydrogens is 248 g/mol. The molecule has 19 heavy (non-hydrogen) atoms. The zero-order valence-electron chi connectivity index (χ0n) is 11.0. The topological polar surface area (TPSA) is 89.7 Å². The highest BCUT2D eigenvalue weighted by Crippen LogP contribution is 2.25. The van der Waals surface area contributed by atoms with E-state index in [4.69, 9.17) is 10.5 Å². The Morgan fingerprint density at radius 3 is 3.00 bits per heavy atom. The van der Waals surface area contributed by atoms with Gasteiger partial charge in [0.05, 0.1) is 25.9 Å². The number of alkyl carbamates (subject to hydrolysis) is 1. The average Bonchev–Trinajstić information content (AvgIpc) is 2.87. The number of anilines is 2. The van der Waals surface area contributed by atoms with Crippen LogP contribution in [0.25, 0.3) is 0 Å². The standard InChI is InChI=1S/C12H18N4O3/c1-18-11-9(13)3-4-10(15-11)16-6-5-8(7-16)14-12(17)19-2/h3-4,8H,5-7,13H2,1-2H3,(H,14,17). The molecule has 1 fully saturated rings. The van der Waals surface area contributed by atoms with Crippen molar-refractivity contribution in [3.63, 3.8) is 0 Å². The molecule has 2 heterocycles. The number of nitrogens with zero attached hydrogens (tertiary/aromatic N) is 2. The van der Waals surface area contributed by atoms with Crippen molar-refractivity contribution in [2.24, 2.45) is 0 Å². The van der Waals surface area contributed by atoms with Gasteiger partial charge in [0, 0.05) is 13.1 Å². The monoisotopic (exact) mass is 266 g/mol. The maximum absolute atomic E-state index is 11.2. The molecular formula is C12H18N4O3. The highest BCUT2D eigenvalue weighted by molar-refractivity contribution is 5.67. The van der Waals surface area contributed by atoms with E-state index in [1.807, 2.05) is 6.07 Å². The largest absolute Gasteiger partial charge is 0.479 e. The van der Waals surface area contributed by atoms with Crippen LogP contribution in [-0.2, 0) is 4.74 Å². The Hall–Kier alpha value is -2.18. The van der Waals surface area contributed by atoms with Gasteiger partial charge in [0.2, 0.25) is 5.88 Å². The Kier molecular flexibility index (Phi) is 3.94. The molecule has 0 bridgehead atoms. The molecule has 0 spiro atoms. The lowest BCUT2D eigenvalue weighted by Crippen LogP contribution is -2.37. The first-order valence-electron chi connectivity index (χ1n) is 6.04. The third-order valence-corrected chi connectivity index (χ3v) is 3.09. The van der Waals surface area contributed by atoms with Crippen molar-refractivity contribution in [3.8, 4) is 5.88 Å².